The first-order valence-electron chi connectivity index (χ1n) is 10.7. The lowest BCUT2D eigenvalue weighted by Crippen LogP contribution is -2.54. The minimum absolute atomic E-state index is 0.139. The van der Waals surface area contributed by atoms with E-state index in [0.29, 0.717) is 13.0 Å². The second-order valence-corrected chi connectivity index (χ2v) is 8.62. The minimum atomic E-state index is -1.32. The van der Waals surface area contributed by atoms with Crippen molar-refractivity contribution in [3.63, 3.8) is 0 Å². The number of carbonyl (C=O) groups excluding carboxylic acids is 4. The molecule has 0 fully saturated rings. The van der Waals surface area contributed by atoms with Gasteiger partial charge in [-0.1, -0.05) is 20.8 Å². The van der Waals surface area contributed by atoms with E-state index in [-0.39, 0.29) is 18.6 Å². The highest BCUT2D eigenvalue weighted by molar-refractivity contribution is 5.68. The van der Waals surface area contributed by atoms with Crippen molar-refractivity contribution in [3.05, 3.63) is 0 Å². The Balaban J connectivity index is 6.16. The Labute approximate surface area is 195 Å². The Kier molecular flexibility index (Phi) is 13.8. The molecule has 0 aromatic rings. The summed E-state index contributed by atoms with van der Waals surface area (Å²) in [6.07, 6.45) is -4.27. The van der Waals surface area contributed by atoms with E-state index in [0.717, 1.165) is 6.92 Å². The number of nitrogens with two attached hydrogens (primary N) is 1. The van der Waals surface area contributed by atoms with Crippen LogP contribution >= 0.6 is 0 Å². The van der Waals surface area contributed by atoms with Gasteiger partial charge in [0.25, 0.3) is 0 Å². The third kappa shape index (κ3) is 12.5. The number of hydrogen-bond acceptors (Lipinski definition) is 11. The summed E-state index contributed by atoms with van der Waals surface area (Å²) in [6, 6.07) is 0. The summed E-state index contributed by atoms with van der Waals surface area (Å²) in [5.41, 5.74) is 5.34. The third-order valence-corrected chi connectivity index (χ3v) is 4.62. The molecule has 0 aromatic carbocycles. The average molecular weight is 478 g/mol. The summed E-state index contributed by atoms with van der Waals surface area (Å²) >= 11 is 0. The molecule has 0 saturated heterocycles. The van der Waals surface area contributed by atoms with Gasteiger partial charge in [-0.2, -0.15) is 0 Å². The van der Waals surface area contributed by atoms with E-state index in [9.17, 15) is 19.2 Å². The van der Waals surface area contributed by atoms with Crippen molar-refractivity contribution < 1.29 is 47.6 Å². The van der Waals surface area contributed by atoms with Crippen LogP contribution in [0.3, 0.4) is 0 Å². The maximum absolute atomic E-state index is 12.0. The van der Waals surface area contributed by atoms with E-state index in [2.05, 4.69) is 0 Å². The number of methoxy groups -OCH3 is 1. The fraction of sp³-hybridized carbons (Fsp3) is 0.818. The monoisotopic (exact) mass is 477 g/mol. The zero-order valence-electron chi connectivity index (χ0n) is 20.9. The number of hydrogen-bond donors (Lipinski definition) is 1. The SMILES string of the molecule is COC(OCC(C)(C)CCN)C(OC(C)=O)C(OC(C)=O)C(OC(C)=O)C(C)COC(C)=O. The van der Waals surface area contributed by atoms with Crippen molar-refractivity contribution in [2.75, 3.05) is 26.9 Å². The van der Waals surface area contributed by atoms with Crippen LogP contribution in [0.25, 0.3) is 0 Å². The highest BCUT2D eigenvalue weighted by atomic mass is 16.7. The molecule has 192 valence electrons. The van der Waals surface area contributed by atoms with Crippen LogP contribution in [0.5, 0.6) is 0 Å². The van der Waals surface area contributed by atoms with E-state index in [1.165, 1.54) is 27.9 Å². The molecule has 11 nitrogen and oxygen atoms in total. The predicted octanol–water partition coefficient (Wildman–Crippen LogP) is 1.34. The van der Waals surface area contributed by atoms with Crippen LogP contribution in [-0.2, 0) is 47.6 Å². The van der Waals surface area contributed by atoms with Gasteiger partial charge in [0.15, 0.2) is 18.5 Å². The molecule has 0 spiro atoms. The van der Waals surface area contributed by atoms with Gasteiger partial charge in [0, 0.05) is 40.7 Å². The molecular formula is C22H39NO10. The summed E-state index contributed by atoms with van der Waals surface area (Å²) < 4.78 is 32.7. The normalized spacial score (nSPS) is 16.0. The van der Waals surface area contributed by atoms with Gasteiger partial charge in [-0.15, -0.1) is 0 Å². The summed E-state index contributed by atoms with van der Waals surface area (Å²) in [7, 11) is 1.34. The van der Waals surface area contributed by atoms with Gasteiger partial charge in [0.05, 0.1) is 13.2 Å². The van der Waals surface area contributed by atoms with E-state index in [1.807, 2.05) is 13.8 Å². The van der Waals surface area contributed by atoms with Crippen LogP contribution in [-0.4, -0.2) is 75.3 Å². The molecule has 2 N–H and O–H groups in total. The van der Waals surface area contributed by atoms with E-state index in [1.54, 1.807) is 6.92 Å². The molecule has 0 rings (SSSR count). The fourth-order valence-corrected chi connectivity index (χ4v) is 3.09. The van der Waals surface area contributed by atoms with Crippen LogP contribution in [0.2, 0.25) is 0 Å². The Morgan fingerprint density at radius 2 is 1.30 bits per heavy atom. The lowest BCUT2D eigenvalue weighted by atomic mass is 9.90. The highest BCUT2D eigenvalue weighted by Gasteiger charge is 2.45. The lowest BCUT2D eigenvalue weighted by Gasteiger charge is -2.38. The zero-order chi connectivity index (χ0) is 25.8. The Bertz CT molecular complexity index is 651. The first-order valence-corrected chi connectivity index (χ1v) is 10.7. The minimum Gasteiger partial charge on any atom is -0.465 e. The average Bonchev–Trinajstić information content (AvgIpc) is 2.67. The maximum Gasteiger partial charge on any atom is 0.303 e. The van der Waals surface area contributed by atoms with Gasteiger partial charge in [-0.05, 0) is 18.4 Å². The van der Waals surface area contributed by atoms with Crippen molar-refractivity contribution in [1.82, 2.24) is 0 Å². The van der Waals surface area contributed by atoms with Crippen molar-refractivity contribution in [1.29, 1.82) is 0 Å². The standard InChI is InChI=1S/C22H39NO10/c1-13(11-29-14(2)24)18(31-15(3)25)19(32-16(4)26)20(33-17(5)27)21(28-8)30-12-22(6,7)9-10-23/h13,18-21H,9-12,23H2,1-8H3. The molecule has 33 heavy (non-hydrogen) atoms. The Morgan fingerprint density at radius 3 is 1.73 bits per heavy atom. The zero-order valence-corrected chi connectivity index (χ0v) is 20.9. The Morgan fingerprint density at radius 1 is 0.818 bits per heavy atom. The lowest BCUT2D eigenvalue weighted by molar-refractivity contribution is -0.245. The van der Waals surface area contributed by atoms with Crippen molar-refractivity contribution in [3.8, 4) is 0 Å². The van der Waals surface area contributed by atoms with Crippen LogP contribution < -0.4 is 5.73 Å². The van der Waals surface area contributed by atoms with Crippen molar-refractivity contribution in [2.24, 2.45) is 17.1 Å². The van der Waals surface area contributed by atoms with Crippen molar-refractivity contribution in [2.45, 2.75) is 79.5 Å². The first-order chi connectivity index (χ1) is 15.2. The molecule has 0 aliphatic heterocycles. The van der Waals surface area contributed by atoms with Crippen molar-refractivity contribution >= 4 is 23.9 Å². The molecular weight excluding hydrogens is 438 g/mol. The maximum atomic E-state index is 12.0. The molecule has 0 bridgehead atoms. The highest BCUT2D eigenvalue weighted by Crippen LogP contribution is 2.27. The molecule has 0 amide bonds. The smallest absolute Gasteiger partial charge is 0.303 e. The van der Waals surface area contributed by atoms with Gasteiger partial charge in [0.1, 0.15) is 6.10 Å². The molecule has 0 radical (unpaired) electrons. The Hall–Kier alpha value is -2.24. The quantitative estimate of drug-likeness (QED) is 0.207. The van der Waals surface area contributed by atoms with Gasteiger partial charge >= 0.3 is 23.9 Å². The first kappa shape index (κ1) is 30.8. The molecule has 11 heteroatoms. The van der Waals surface area contributed by atoms with Crippen LogP contribution in [0.15, 0.2) is 0 Å². The molecule has 0 aliphatic rings. The predicted molar refractivity (Wildman–Crippen MR) is 117 cm³/mol. The van der Waals surface area contributed by atoms with E-state index >= 15 is 0 Å². The largest absolute Gasteiger partial charge is 0.465 e. The molecule has 0 aromatic heterocycles. The number of esters is 4. The number of carbonyl (C=O) groups is 4. The molecule has 5 atom stereocenters. The van der Waals surface area contributed by atoms with E-state index < -0.39 is 54.4 Å². The van der Waals surface area contributed by atoms with Crippen LogP contribution in [0.4, 0.5) is 0 Å². The topological polar surface area (TPSA) is 150 Å². The van der Waals surface area contributed by atoms with Gasteiger partial charge in [-0.3, -0.25) is 19.2 Å². The number of ether oxygens (including phenoxy) is 6. The second-order valence-electron chi connectivity index (χ2n) is 8.62. The van der Waals surface area contributed by atoms with Gasteiger partial charge < -0.3 is 34.2 Å². The number of rotatable bonds is 15. The van der Waals surface area contributed by atoms with Gasteiger partial charge in [0.2, 0.25) is 0 Å². The molecule has 0 heterocycles. The molecule has 0 saturated carbocycles. The molecule has 5 unspecified atom stereocenters. The van der Waals surface area contributed by atoms with Crippen LogP contribution in [0, 0.1) is 11.3 Å². The summed E-state index contributed by atoms with van der Waals surface area (Å²) in [6.45, 7) is 10.8. The van der Waals surface area contributed by atoms with E-state index in [4.69, 9.17) is 34.2 Å². The molecule has 0 aliphatic carbocycles. The van der Waals surface area contributed by atoms with Crippen LogP contribution in [0.1, 0.15) is 54.9 Å². The summed E-state index contributed by atoms with van der Waals surface area (Å²) in [4.78, 5) is 47.0. The summed E-state index contributed by atoms with van der Waals surface area (Å²) in [5, 5.41) is 0. The fourth-order valence-electron chi connectivity index (χ4n) is 3.09. The second kappa shape index (κ2) is 14.8. The van der Waals surface area contributed by atoms with Gasteiger partial charge in [-0.25, -0.2) is 0 Å². The third-order valence-electron chi connectivity index (χ3n) is 4.62. The summed E-state index contributed by atoms with van der Waals surface area (Å²) in [5.74, 6) is -3.26.